The van der Waals surface area contributed by atoms with Crippen molar-refractivity contribution in [1.82, 2.24) is 4.98 Å². The molecule has 3 fully saturated rings. The highest BCUT2D eigenvalue weighted by molar-refractivity contribution is 7.14. The van der Waals surface area contributed by atoms with Crippen LogP contribution in [0.2, 0.25) is 0 Å². The fraction of sp³-hybridized carbons (Fsp3) is 0.500. The first-order valence-electron chi connectivity index (χ1n) is 13.3. The zero-order valence-corrected chi connectivity index (χ0v) is 22.5. The number of hydrogen-bond donors (Lipinski definition) is 2. The van der Waals surface area contributed by atoms with Crippen LogP contribution in [0, 0.1) is 34.4 Å². The molecule has 8 heteroatoms. The SMILES string of the molecule is CC1CC2C3CCC4=CC(=O)C=CC4(C)C3(F)C(O)CC2(C)C1c1csc(NC(=O)c2cccc(F)c2)n1. The van der Waals surface area contributed by atoms with Crippen LogP contribution in [-0.2, 0) is 4.79 Å². The first-order chi connectivity index (χ1) is 18.0. The van der Waals surface area contributed by atoms with E-state index in [1.165, 1.54) is 35.6 Å². The number of nitrogens with zero attached hydrogens (tertiary/aromatic N) is 1. The molecular formula is C30H32F2N2O3S. The number of amides is 1. The van der Waals surface area contributed by atoms with Crippen molar-refractivity contribution in [1.29, 1.82) is 0 Å². The van der Waals surface area contributed by atoms with Crippen LogP contribution in [0.1, 0.15) is 68.4 Å². The summed E-state index contributed by atoms with van der Waals surface area (Å²) in [6.45, 7) is 6.16. The monoisotopic (exact) mass is 538 g/mol. The highest BCUT2D eigenvalue weighted by Gasteiger charge is 2.71. The number of carbonyl (C=O) groups excluding carboxylic acids is 2. The van der Waals surface area contributed by atoms with Gasteiger partial charge in [0.05, 0.1) is 11.8 Å². The molecule has 1 aromatic carbocycles. The third kappa shape index (κ3) is 3.52. The van der Waals surface area contributed by atoms with Crippen molar-refractivity contribution >= 4 is 28.2 Å². The van der Waals surface area contributed by atoms with Gasteiger partial charge in [-0.3, -0.25) is 14.9 Å². The molecule has 4 aliphatic rings. The largest absolute Gasteiger partial charge is 0.390 e. The molecule has 2 aromatic rings. The van der Waals surface area contributed by atoms with E-state index in [1.807, 2.05) is 12.3 Å². The predicted octanol–water partition coefficient (Wildman–Crippen LogP) is 6.23. The number of anilines is 1. The summed E-state index contributed by atoms with van der Waals surface area (Å²) in [5.74, 6) is -1.11. The van der Waals surface area contributed by atoms with Gasteiger partial charge < -0.3 is 5.11 Å². The lowest BCUT2D eigenvalue weighted by Gasteiger charge is -2.62. The van der Waals surface area contributed by atoms with E-state index in [4.69, 9.17) is 4.98 Å². The van der Waals surface area contributed by atoms with Gasteiger partial charge in [-0.25, -0.2) is 13.8 Å². The molecule has 6 rings (SSSR count). The number of alkyl halides is 1. The average Bonchev–Trinajstić information content (AvgIpc) is 3.41. The van der Waals surface area contributed by atoms with E-state index in [-0.39, 0.29) is 40.4 Å². The number of thiazole rings is 1. The van der Waals surface area contributed by atoms with Crippen LogP contribution in [0.5, 0.6) is 0 Å². The first-order valence-corrected chi connectivity index (χ1v) is 14.2. The second kappa shape index (κ2) is 8.65. The van der Waals surface area contributed by atoms with Crippen LogP contribution in [0.4, 0.5) is 13.9 Å². The van der Waals surface area contributed by atoms with Gasteiger partial charge in [-0.15, -0.1) is 11.3 Å². The lowest BCUT2D eigenvalue weighted by molar-refractivity contribution is -0.191. The summed E-state index contributed by atoms with van der Waals surface area (Å²) >= 11 is 1.32. The molecule has 200 valence electrons. The van der Waals surface area contributed by atoms with Crippen LogP contribution < -0.4 is 5.32 Å². The van der Waals surface area contributed by atoms with Crippen molar-refractivity contribution in [2.24, 2.45) is 28.6 Å². The maximum Gasteiger partial charge on any atom is 0.257 e. The van der Waals surface area contributed by atoms with Gasteiger partial charge >= 0.3 is 0 Å². The van der Waals surface area contributed by atoms with Crippen LogP contribution >= 0.6 is 11.3 Å². The van der Waals surface area contributed by atoms with Gasteiger partial charge in [-0.05, 0) is 80.2 Å². The Morgan fingerprint density at radius 1 is 1.26 bits per heavy atom. The summed E-state index contributed by atoms with van der Waals surface area (Å²) in [4.78, 5) is 29.4. The third-order valence-corrected chi connectivity index (χ3v) is 10.9. The van der Waals surface area contributed by atoms with Gasteiger partial charge in [0.2, 0.25) is 0 Å². The summed E-state index contributed by atoms with van der Waals surface area (Å²) in [6.07, 6.45) is 5.88. The van der Waals surface area contributed by atoms with Gasteiger partial charge in [0.1, 0.15) is 5.82 Å². The second-order valence-electron chi connectivity index (χ2n) is 12.1. The van der Waals surface area contributed by atoms with Crippen molar-refractivity contribution in [2.75, 3.05) is 5.32 Å². The van der Waals surface area contributed by atoms with Crippen molar-refractivity contribution in [3.8, 4) is 0 Å². The number of aromatic nitrogens is 1. The van der Waals surface area contributed by atoms with Crippen molar-refractivity contribution in [3.63, 3.8) is 0 Å². The number of ketones is 1. The fourth-order valence-corrected chi connectivity index (χ4v) is 9.23. The molecule has 0 spiro atoms. The number of aliphatic hydroxyl groups is 1. The van der Waals surface area contributed by atoms with E-state index >= 15 is 4.39 Å². The molecule has 0 aliphatic heterocycles. The minimum atomic E-state index is -1.85. The lowest BCUT2D eigenvalue weighted by atomic mass is 9.45. The summed E-state index contributed by atoms with van der Waals surface area (Å²) in [5.41, 5.74) is -1.38. The van der Waals surface area contributed by atoms with E-state index in [9.17, 15) is 19.1 Å². The molecule has 1 amide bonds. The summed E-state index contributed by atoms with van der Waals surface area (Å²) < 4.78 is 30.9. The van der Waals surface area contributed by atoms with Crippen molar-refractivity contribution < 1.29 is 23.5 Å². The average molecular weight is 539 g/mol. The zero-order chi connectivity index (χ0) is 27.0. The van der Waals surface area contributed by atoms with Gasteiger partial charge in [0.15, 0.2) is 16.6 Å². The summed E-state index contributed by atoms with van der Waals surface area (Å²) in [7, 11) is 0. The number of hydrogen-bond acceptors (Lipinski definition) is 5. The van der Waals surface area contributed by atoms with E-state index in [1.54, 1.807) is 18.2 Å². The van der Waals surface area contributed by atoms with E-state index < -0.39 is 28.9 Å². The number of allylic oxidation sites excluding steroid dienone is 4. The fourth-order valence-electron chi connectivity index (χ4n) is 8.49. The van der Waals surface area contributed by atoms with E-state index in [0.29, 0.717) is 24.4 Å². The molecule has 0 saturated heterocycles. The molecule has 8 unspecified atom stereocenters. The Balaban J connectivity index is 1.29. The normalized spacial score (nSPS) is 39.7. The minimum absolute atomic E-state index is 0.00371. The molecule has 2 N–H and O–H groups in total. The first kappa shape index (κ1) is 25.6. The molecule has 0 radical (unpaired) electrons. The quantitative estimate of drug-likeness (QED) is 0.485. The number of fused-ring (bicyclic) bond motifs is 5. The van der Waals surface area contributed by atoms with Crippen LogP contribution in [0.15, 0.2) is 53.4 Å². The molecule has 3 saturated carbocycles. The second-order valence-corrected chi connectivity index (χ2v) is 12.9. The third-order valence-electron chi connectivity index (χ3n) is 10.1. The molecule has 38 heavy (non-hydrogen) atoms. The van der Waals surface area contributed by atoms with Crippen molar-refractivity contribution in [2.45, 2.75) is 64.1 Å². The summed E-state index contributed by atoms with van der Waals surface area (Å²) in [6, 6.07) is 5.51. The number of benzene rings is 1. The molecule has 1 heterocycles. The van der Waals surface area contributed by atoms with Gasteiger partial charge in [-0.2, -0.15) is 0 Å². The number of aliphatic hydroxyl groups excluding tert-OH is 1. The van der Waals surface area contributed by atoms with Crippen molar-refractivity contribution in [3.05, 3.63) is 70.5 Å². The lowest BCUT2D eigenvalue weighted by Crippen LogP contribution is -2.66. The smallest absolute Gasteiger partial charge is 0.257 e. The Hall–Kier alpha value is -2.71. The Labute approximate surface area is 225 Å². The Morgan fingerprint density at radius 2 is 2.05 bits per heavy atom. The Morgan fingerprint density at radius 3 is 2.82 bits per heavy atom. The molecule has 0 bridgehead atoms. The standard InChI is InChI=1S/C30H32F2N2O3S/c1-16-11-22-21-8-7-18-13-20(35)9-10-29(18,3)30(21,32)24(36)14-28(22,2)25(16)23-15-38-27(33-23)34-26(37)17-5-4-6-19(31)12-17/h4-6,9-10,12-13,15-16,21-22,24-25,36H,7-8,11,14H2,1-3H3,(H,33,34,37). The molecule has 5 nitrogen and oxygen atoms in total. The molecule has 1 aromatic heterocycles. The molecule has 8 atom stereocenters. The van der Waals surface area contributed by atoms with Crippen LogP contribution in [0.25, 0.3) is 0 Å². The maximum atomic E-state index is 17.3. The number of nitrogens with one attached hydrogen (secondary N) is 1. The summed E-state index contributed by atoms with van der Waals surface area (Å²) in [5, 5.41) is 16.7. The highest BCUT2D eigenvalue weighted by atomic mass is 32.1. The Kier molecular flexibility index (Phi) is 5.82. The highest BCUT2D eigenvalue weighted by Crippen LogP contribution is 2.71. The topological polar surface area (TPSA) is 79.3 Å². The van der Waals surface area contributed by atoms with Crippen LogP contribution in [0.3, 0.4) is 0 Å². The van der Waals surface area contributed by atoms with Crippen LogP contribution in [-0.4, -0.2) is 33.6 Å². The zero-order valence-electron chi connectivity index (χ0n) is 21.7. The molecule has 4 aliphatic carbocycles. The Bertz CT molecular complexity index is 1390. The number of carbonyl (C=O) groups is 2. The minimum Gasteiger partial charge on any atom is -0.390 e. The number of halogens is 2. The van der Waals surface area contributed by atoms with E-state index in [0.717, 1.165) is 17.7 Å². The predicted molar refractivity (Wildman–Crippen MR) is 142 cm³/mol. The molecular weight excluding hydrogens is 506 g/mol. The van der Waals surface area contributed by atoms with Gasteiger partial charge in [0, 0.05) is 28.2 Å². The van der Waals surface area contributed by atoms with Gasteiger partial charge in [0.25, 0.3) is 5.91 Å². The van der Waals surface area contributed by atoms with E-state index in [2.05, 4.69) is 19.2 Å². The number of rotatable bonds is 3. The van der Waals surface area contributed by atoms with Gasteiger partial charge in [-0.1, -0.05) is 31.6 Å². The maximum absolute atomic E-state index is 17.3.